The molecule has 1 N–H and O–H groups in total. The summed E-state index contributed by atoms with van der Waals surface area (Å²) in [5, 5.41) is 2.36. The van der Waals surface area contributed by atoms with Gasteiger partial charge in [-0.3, -0.25) is 4.79 Å². The molecule has 0 saturated carbocycles. The fourth-order valence-electron chi connectivity index (χ4n) is 2.44. The smallest absolute Gasteiger partial charge is 0.325 e. The van der Waals surface area contributed by atoms with Gasteiger partial charge in [0.1, 0.15) is 6.04 Å². The zero-order chi connectivity index (χ0) is 17.4. The SMILES string of the molecule is CS(=O)(=O)N1CCCC1C(=O)Nc1ccc(Br)c(C(F)(F)F)c1. The van der Waals surface area contributed by atoms with Gasteiger partial charge in [-0.05, 0) is 31.0 Å². The molecule has 1 aliphatic rings. The van der Waals surface area contributed by atoms with Gasteiger partial charge < -0.3 is 5.32 Å². The van der Waals surface area contributed by atoms with Crippen LogP contribution in [0.5, 0.6) is 0 Å². The molecule has 1 fully saturated rings. The average molecular weight is 415 g/mol. The fraction of sp³-hybridized carbons (Fsp3) is 0.462. The van der Waals surface area contributed by atoms with Gasteiger partial charge in [-0.25, -0.2) is 8.42 Å². The van der Waals surface area contributed by atoms with Crippen molar-refractivity contribution >= 4 is 37.5 Å². The fourth-order valence-corrected chi connectivity index (χ4v) is 4.04. The first-order valence-electron chi connectivity index (χ1n) is 6.64. The lowest BCUT2D eigenvalue weighted by molar-refractivity contribution is -0.138. The lowest BCUT2D eigenvalue weighted by atomic mass is 10.1. The normalized spacial score (nSPS) is 19.8. The van der Waals surface area contributed by atoms with Gasteiger partial charge in [0, 0.05) is 16.7 Å². The van der Waals surface area contributed by atoms with Crippen molar-refractivity contribution in [2.24, 2.45) is 0 Å². The number of halogens is 4. The highest BCUT2D eigenvalue weighted by Gasteiger charge is 2.37. The van der Waals surface area contributed by atoms with Crippen molar-refractivity contribution in [2.75, 3.05) is 18.1 Å². The number of rotatable bonds is 3. The van der Waals surface area contributed by atoms with Crippen molar-refractivity contribution in [3.8, 4) is 0 Å². The first-order chi connectivity index (χ1) is 10.5. The number of benzene rings is 1. The van der Waals surface area contributed by atoms with Crippen LogP contribution in [0.1, 0.15) is 18.4 Å². The van der Waals surface area contributed by atoms with Crippen LogP contribution in [0.25, 0.3) is 0 Å². The van der Waals surface area contributed by atoms with E-state index in [0.717, 1.165) is 16.6 Å². The molecule has 0 aromatic heterocycles. The van der Waals surface area contributed by atoms with Crippen molar-refractivity contribution in [2.45, 2.75) is 25.1 Å². The van der Waals surface area contributed by atoms with E-state index in [2.05, 4.69) is 21.2 Å². The van der Waals surface area contributed by atoms with Gasteiger partial charge in [-0.15, -0.1) is 0 Å². The molecular formula is C13H14BrF3N2O3S. The van der Waals surface area contributed by atoms with Crippen molar-refractivity contribution in [1.82, 2.24) is 4.31 Å². The van der Waals surface area contributed by atoms with Gasteiger partial charge in [-0.1, -0.05) is 15.9 Å². The first-order valence-corrected chi connectivity index (χ1v) is 9.28. The van der Waals surface area contributed by atoms with Crippen LogP contribution in [-0.4, -0.2) is 37.5 Å². The number of carbonyl (C=O) groups is 1. The van der Waals surface area contributed by atoms with Crippen LogP contribution < -0.4 is 5.32 Å². The van der Waals surface area contributed by atoms with Crippen LogP contribution in [0, 0.1) is 0 Å². The van der Waals surface area contributed by atoms with Gasteiger partial charge in [0.15, 0.2) is 0 Å². The van der Waals surface area contributed by atoms with E-state index in [9.17, 15) is 26.4 Å². The van der Waals surface area contributed by atoms with Crippen molar-refractivity contribution in [3.63, 3.8) is 0 Å². The maximum Gasteiger partial charge on any atom is 0.417 e. The Kier molecular flexibility index (Phi) is 5.07. The van der Waals surface area contributed by atoms with Gasteiger partial charge in [-0.2, -0.15) is 17.5 Å². The highest BCUT2D eigenvalue weighted by atomic mass is 79.9. The Morgan fingerprint density at radius 3 is 2.61 bits per heavy atom. The minimum absolute atomic E-state index is 0.0362. The summed E-state index contributed by atoms with van der Waals surface area (Å²) in [7, 11) is -3.54. The third-order valence-electron chi connectivity index (χ3n) is 3.47. The van der Waals surface area contributed by atoms with Crippen LogP contribution >= 0.6 is 15.9 Å². The molecule has 2 rings (SSSR count). The van der Waals surface area contributed by atoms with Crippen molar-refractivity contribution < 1.29 is 26.4 Å². The Labute approximate surface area is 140 Å². The second-order valence-electron chi connectivity index (χ2n) is 5.21. The second-order valence-corrected chi connectivity index (χ2v) is 8.00. The van der Waals surface area contributed by atoms with Gasteiger partial charge >= 0.3 is 6.18 Å². The minimum atomic E-state index is -4.56. The van der Waals surface area contributed by atoms with Crippen LogP contribution in [0.15, 0.2) is 22.7 Å². The largest absolute Gasteiger partial charge is 0.417 e. The summed E-state index contributed by atoms with van der Waals surface area (Å²) in [4.78, 5) is 12.2. The number of hydrogen-bond donors (Lipinski definition) is 1. The Morgan fingerprint density at radius 1 is 1.39 bits per heavy atom. The minimum Gasteiger partial charge on any atom is -0.325 e. The van der Waals surface area contributed by atoms with E-state index in [4.69, 9.17) is 0 Å². The first kappa shape index (κ1) is 18.2. The van der Waals surface area contributed by atoms with Crippen LogP contribution in [-0.2, 0) is 21.0 Å². The van der Waals surface area contributed by atoms with Gasteiger partial charge in [0.05, 0.1) is 11.8 Å². The molecule has 0 spiro atoms. The van der Waals surface area contributed by atoms with E-state index in [-0.39, 0.29) is 16.7 Å². The molecule has 1 heterocycles. The van der Waals surface area contributed by atoms with Crippen LogP contribution in [0.3, 0.4) is 0 Å². The van der Waals surface area contributed by atoms with E-state index < -0.39 is 33.7 Å². The predicted molar refractivity (Wildman–Crippen MR) is 82.3 cm³/mol. The third kappa shape index (κ3) is 4.24. The van der Waals surface area contributed by atoms with Crippen LogP contribution in [0.2, 0.25) is 0 Å². The lowest BCUT2D eigenvalue weighted by Gasteiger charge is -2.21. The predicted octanol–water partition coefficient (Wildman–Crippen LogP) is 2.83. The Morgan fingerprint density at radius 2 is 2.04 bits per heavy atom. The Hall–Kier alpha value is -1.13. The standard InChI is InChI=1S/C13H14BrF3N2O3S/c1-23(21,22)19-6-2-3-11(19)12(20)18-8-4-5-10(14)9(7-8)13(15,16)17/h4-5,7,11H,2-3,6H2,1H3,(H,18,20). The molecule has 10 heteroatoms. The maximum atomic E-state index is 12.9. The zero-order valence-electron chi connectivity index (χ0n) is 12.0. The number of carbonyl (C=O) groups excluding carboxylic acids is 1. The number of hydrogen-bond acceptors (Lipinski definition) is 3. The number of amides is 1. The highest BCUT2D eigenvalue weighted by molar-refractivity contribution is 9.10. The zero-order valence-corrected chi connectivity index (χ0v) is 14.4. The maximum absolute atomic E-state index is 12.9. The van der Waals surface area contributed by atoms with Gasteiger partial charge in [0.2, 0.25) is 15.9 Å². The van der Waals surface area contributed by atoms with E-state index in [1.807, 2.05) is 0 Å². The highest BCUT2D eigenvalue weighted by Crippen LogP contribution is 2.36. The molecule has 0 aliphatic carbocycles. The topological polar surface area (TPSA) is 66.5 Å². The summed E-state index contributed by atoms with van der Waals surface area (Å²) in [5.41, 5.74) is -0.951. The monoisotopic (exact) mass is 414 g/mol. The van der Waals surface area contributed by atoms with E-state index >= 15 is 0 Å². The summed E-state index contributed by atoms with van der Waals surface area (Å²) < 4.78 is 62.7. The number of sulfonamides is 1. The molecule has 1 atom stereocenters. The average Bonchev–Trinajstić information content (AvgIpc) is 2.89. The molecule has 128 valence electrons. The molecule has 0 radical (unpaired) electrons. The Balaban J connectivity index is 2.21. The molecule has 23 heavy (non-hydrogen) atoms. The molecule has 1 saturated heterocycles. The number of nitrogens with zero attached hydrogens (tertiary/aromatic N) is 1. The third-order valence-corrected chi connectivity index (χ3v) is 5.45. The molecule has 1 aliphatic heterocycles. The summed E-state index contributed by atoms with van der Waals surface area (Å²) >= 11 is 2.81. The second kappa shape index (κ2) is 6.40. The summed E-state index contributed by atoms with van der Waals surface area (Å²) in [6.45, 7) is 0.227. The van der Waals surface area contributed by atoms with Crippen molar-refractivity contribution in [3.05, 3.63) is 28.2 Å². The molecular weight excluding hydrogens is 401 g/mol. The van der Waals surface area contributed by atoms with E-state index in [1.165, 1.54) is 12.1 Å². The lowest BCUT2D eigenvalue weighted by Crippen LogP contribution is -2.42. The molecule has 0 bridgehead atoms. The quantitative estimate of drug-likeness (QED) is 0.826. The van der Waals surface area contributed by atoms with Crippen LogP contribution in [0.4, 0.5) is 18.9 Å². The van der Waals surface area contributed by atoms with E-state index in [0.29, 0.717) is 12.8 Å². The summed E-state index contributed by atoms with van der Waals surface area (Å²) in [6.07, 6.45) is -2.70. The molecule has 1 aromatic rings. The van der Waals surface area contributed by atoms with Gasteiger partial charge in [0.25, 0.3) is 0 Å². The molecule has 1 aromatic carbocycles. The summed E-state index contributed by atoms with van der Waals surface area (Å²) in [6, 6.07) is 2.41. The van der Waals surface area contributed by atoms with Crippen molar-refractivity contribution in [1.29, 1.82) is 0 Å². The molecule has 1 unspecified atom stereocenters. The molecule has 5 nitrogen and oxygen atoms in total. The summed E-state index contributed by atoms with van der Waals surface area (Å²) in [5.74, 6) is -0.636. The number of alkyl halides is 3. The van der Waals surface area contributed by atoms with E-state index in [1.54, 1.807) is 0 Å². The number of nitrogens with one attached hydrogen (secondary N) is 1. The molecule has 1 amide bonds. The Bertz CT molecular complexity index is 722. The number of anilines is 1.